The molecule has 0 bridgehead atoms. The summed E-state index contributed by atoms with van der Waals surface area (Å²) >= 11 is 0. The molecular weight excluding hydrogens is 434 g/mol. The number of rotatable bonds is 7. The van der Waals surface area contributed by atoms with Crippen molar-refractivity contribution in [2.24, 2.45) is 11.8 Å². The van der Waals surface area contributed by atoms with Crippen LogP contribution in [0.2, 0.25) is 0 Å². The van der Waals surface area contributed by atoms with Crippen LogP contribution < -0.4 is 4.74 Å². The Morgan fingerprint density at radius 2 is 2.06 bits per heavy atom. The summed E-state index contributed by atoms with van der Waals surface area (Å²) in [5, 5.41) is 10.7. The Bertz CT molecular complexity index is 1170. The van der Waals surface area contributed by atoms with Gasteiger partial charge in [-0.3, -0.25) is 9.88 Å². The van der Waals surface area contributed by atoms with Crippen molar-refractivity contribution < 1.29 is 18.6 Å². The second-order valence-electron chi connectivity index (χ2n) is 8.84. The number of fused-ring (bicyclic) bond motifs is 1. The summed E-state index contributed by atoms with van der Waals surface area (Å²) in [5.74, 6) is 6.63. The van der Waals surface area contributed by atoms with E-state index in [0.717, 1.165) is 23.9 Å². The molecule has 34 heavy (non-hydrogen) atoms. The number of aliphatic hydroxyl groups excluding tert-OH is 1. The molecule has 0 aliphatic carbocycles. The van der Waals surface area contributed by atoms with Crippen LogP contribution in [0.3, 0.4) is 0 Å². The number of likely N-dealkylation sites (tertiary alicyclic amines) is 1. The van der Waals surface area contributed by atoms with Crippen LogP contribution in [0.15, 0.2) is 54.7 Å². The first-order valence-corrected chi connectivity index (χ1v) is 11.7. The largest absolute Gasteiger partial charge is 0.497 e. The molecule has 0 amide bonds. The number of ether oxygens (including phenoxy) is 1. The van der Waals surface area contributed by atoms with Gasteiger partial charge in [0.2, 0.25) is 0 Å². The molecule has 4 nitrogen and oxygen atoms in total. The Labute approximate surface area is 199 Å². The Kier molecular flexibility index (Phi) is 8.10. The predicted molar refractivity (Wildman–Crippen MR) is 130 cm³/mol. The Morgan fingerprint density at radius 3 is 2.85 bits per heavy atom. The van der Waals surface area contributed by atoms with Gasteiger partial charge in [-0.25, -0.2) is 8.78 Å². The van der Waals surface area contributed by atoms with Crippen LogP contribution in [0.1, 0.15) is 36.6 Å². The van der Waals surface area contributed by atoms with Crippen molar-refractivity contribution in [1.82, 2.24) is 9.88 Å². The number of nitrogens with zero attached hydrogens (tertiary/aromatic N) is 2. The monoisotopic (exact) mass is 464 g/mol. The molecule has 3 atom stereocenters. The lowest BCUT2D eigenvalue weighted by Gasteiger charge is -2.37. The van der Waals surface area contributed by atoms with Gasteiger partial charge in [-0.2, -0.15) is 0 Å². The average Bonchev–Trinajstić information content (AvgIpc) is 2.88. The molecule has 2 aromatic carbocycles. The van der Waals surface area contributed by atoms with E-state index in [9.17, 15) is 9.50 Å². The maximum atomic E-state index is 15.3. The van der Waals surface area contributed by atoms with E-state index >= 15 is 4.39 Å². The van der Waals surface area contributed by atoms with E-state index in [1.807, 2.05) is 18.2 Å². The van der Waals surface area contributed by atoms with Crippen molar-refractivity contribution in [3.8, 4) is 17.6 Å². The second-order valence-corrected chi connectivity index (χ2v) is 8.84. The summed E-state index contributed by atoms with van der Waals surface area (Å²) in [5.41, 5.74) is 1.77. The van der Waals surface area contributed by atoms with Gasteiger partial charge in [-0.05, 0) is 79.6 Å². The Hall–Kier alpha value is -3.01. The SMILES string of the molecule is COc1ccc2nccc(C(F)CC[C@@H]3CCN(CC#Cc4ccccc4F)C[C@@H]3CO)c2c1. The fourth-order valence-electron chi connectivity index (χ4n) is 4.76. The molecule has 1 aliphatic heterocycles. The molecule has 6 heteroatoms. The van der Waals surface area contributed by atoms with Crippen molar-refractivity contribution in [2.45, 2.75) is 25.4 Å². The molecular formula is C28H30F2N2O2. The number of halogens is 2. The van der Waals surface area contributed by atoms with Crippen LogP contribution in [0.5, 0.6) is 5.75 Å². The Morgan fingerprint density at radius 1 is 1.21 bits per heavy atom. The highest BCUT2D eigenvalue weighted by atomic mass is 19.1. The fourth-order valence-corrected chi connectivity index (χ4v) is 4.76. The van der Waals surface area contributed by atoms with E-state index in [4.69, 9.17) is 4.74 Å². The summed E-state index contributed by atoms with van der Waals surface area (Å²) in [4.78, 5) is 6.52. The molecule has 0 spiro atoms. The number of methoxy groups -OCH3 is 1. The number of pyridine rings is 1. The highest BCUT2D eigenvalue weighted by Crippen LogP contribution is 2.35. The molecule has 0 saturated carbocycles. The van der Waals surface area contributed by atoms with Gasteiger partial charge in [0.1, 0.15) is 17.7 Å². The zero-order valence-electron chi connectivity index (χ0n) is 19.4. The quantitative estimate of drug-likeness (QED) is 0.491. The van der Waals surface area contributed by atoms with Gasteiger partial charge in [0.25, 0.3) is 0 Å². The molecule has 1 saturated heterocycles. The number of piperidine rings is 1. The number of alkyl halides is 1. The molecule has 3 aromatic rings. The minimum Gasteiger partial charge on any atom is -0.497 e. The second kappa shape index (κ2) is 11.4. The Balaban J connectivity index is 1.34. The summed E-state index contributed by atoms with van der Waals surface area (Å²) in [6.07, 6.45) is 2.51. The van der Waals surface area contributed by atoms with Crippen molar-refractivity contribution in [3.05, 3.63) is 71.7 Å². The molecule has 2 heterocycles. The number of aromatic nitrogens is 1. The zero-order valence-corrected chi connectivity index (χ0v) is 19.4. The first-order chi connectivity index (χ1) is 16.6. The highest BCUT2D eigenvalue weighted by molar-refractivity contribution is 5.83. The minimum atomic E-state index is -1.11. The van der Waals surface area contributed by atoms with Crippen LogP contribution in [0, 0.1) is 29.5 Å². The third-order valence-corrected chi connectivity index (χ3v) is 6.72. The molecule has 4 rings (SSSR count). The van der Waals surface area contributed by atoms with Crippen LogP contribution in [-0.4, -0.2) is 48.3 Å². The van der Waals surface area contributed by atoms with Crippen LogP contribution in [0.4, 0.5) is 8.78 Å². The first-order valence-electron chi connectivity index (χ1n) is 11.7. The van der Waals surface area contributed by atoms with Gasteiger partial charge >= 0.3 is 0 Å². The normalized spacial score (nSPS) is 19.4. The standard InChI is InChI=1S/C28H30F2N2O2/c1-34-23-9-11-28-25(17-23)24(12-14-31-28)27(30)10-8-20-13-16-32(18-22(20)19-33)15-4-6-21-5-2-3-7-26(21)29/h2-3,5,7,9,11-12,14,17,20,22,27,33H,8,10,13,15-16,18-19H2,1H3/t20-,22-,27?/m1/s1. The number of benzene rings is 2. The van der Waals surface area contributed by atoms with Crippen LogP contribution >= 0.6 is 0 Å². The van der Waals surface area contributed by atoms with Gasteiger partial charge in [0, 0.05) is 24.7 Å². The first kappa shape index (κ1) is 24.1. The predicted octanol–water partition coefficient (Wildman–Crippen LogP) is 5.16. The van der Waals surface area contributed by atoms with E-state index in [2.05, 4.69) is 21.7 Å². The highest BCUT2D eigenvalue weighted by Gasteiger charge is 2.29. The van der Waals surface area contributed by atoms with E-state index in [0.29, 0.717) is 42.8 Å². The van der Waals surface area contributed by atoms with E-state index < -0.39 is 6.17 Å². The number of hydrogen-bond donors (Lipinski definition) is 1. The van der Waals surface area contributed by atoms with Gasteiger partial charge in [0.05, 0.1) is 24.7 Å². The summed E-state index contributed by atoms with van der Waals surface area (Å²) in [7, 11) is 1.59. The van der Waals surface area contributed by atoms with Gasteiger partial charge < -0.3 is 9.84 Å². The number of hydrogen-bond acceptors (Lipinski definition) is 4. The van der Waals surface area contributed by atoms with E-state index in [1.54, 1.807) is 37.6 Å². The fraction of sp³-hybridized carbons (Fsp3) is 0.393. The van der Waals surface area contributed by atoms with Crippen molar-refractivity contribution in [1.29, 1.82) is 0 Å². The maximum Gasteiger partial charge on any atom is 0.138 e. The van der Waals surface area contributed by atoms with Crippen molar-refractivity contribution in [2.75, 3.05) is 33.4 Å². The smallest absolute Gasteiger partial charge is 0.138 e. The van der Waals surface area contributed by atoms with Gasteiger partial charge in [0.15, 0.2) is 0 Å². The van der Waals surface area contributed by atoms with Crippen LogP contribution in [0.25, 0.3) is 10.9 Å². The molecule has 1 aromatic heterocycles. The van der Waals surface area contributed by atoms with E-state index in [-0.39, 0.29) is 24.3 Å². The minimum absolute atomic E-state index is 0.0637. The molecule has 1 unspecified atom stereocenters. The van der Waals surface area contributed by atoms with E-state index in [1.165, 1.54) is 6.07 Å². The van der Waals surface area contributed by atoms with Crippen molar-refractivity contribution >= 4 is 10.9 Å². The van der Waals surface area contributed by atoms with Crippen LogP contribution in [-0.2, 0) is 0 Å². The lowest BCUT2D eigenvalue weighted by molar-refractivity contribution is 0.0708. The third kappa shape index (κ3) is 5.72. The number of aliphatic hydroxyl groups is 1. The molecule has 1 aliphatic rings. The summed E-state index contributed by atoms with van der Waals surface area (Å²) in [6.45, 7) is 2.13. The van der Waals surface area contributed by atoms with Crippen molar-refractivity contribution in [3.63, 3.8) is 0 Å². The van der Waals surface area contributed by atoms with Gasteiger partial charge in [-0.1, -0.05) is 24.0 Å². The maximum absolute atomic E-state index is 15.3. The average molecular weight is 465 g/mol. The molecule has 1 fully saturated rings. The van der Waals surface area contributed by atoms with Gasteiger partial charge in [-0.15, -0.1) is 0 Å². The summed E-state index contributed by atoms with van der Waals surface area (Å²) in [6, 6.07) is 13.7. The zero-order chi connectivity index (χ0) is 23.9. The lowest BCUT2D eigenvalue weighted by Crippen LogP contribution is -2.42. The molecule has 1 N–H and O–H groups in total. The molecule has 178 valence electrons. The summed E-state index contributed by atoms with van der Waals surface area (Å²) < 4.78 is 34.4. The molecule has 0 radical (unpaired) electrons. The third-order valence-electron chi connectivity index (χ3n) is 6.72. The topological polar surface area (TPSA) is 45.6 Å². The lowest BCUT2D eigenvalue weighted by atomic mass is 9.81.